The molecule has 1 N–H and O–H groups in total. The summed E-state index contributed by atoms with van der Waals surface area (Å²) in [6.07, 6.45) is 4.93. The van der Waals surface area contributed by atoms with Gasteiger partial charge in [0.05, 0.1) is 5.71 Å². The second-order valence-corrected chi connectivity index (χ2v) is 6.88. The van der Waals surface area contributed by atoms with Crippen LogP contribution in [0.15, 0.2) is 29.4 Å². The second-order valence-electron chi connectivity index (χ2n) is 6.88. The molecule has 2 aliphatic carbocycles. The number of hydrogen-bond donors (Lipinski definition) is 1. The van der Waals surface area contributed by atoms with Crippen molar-refractivity contribution in [3.05, 3.63) is 35.4 Å². The molecule has 0 aromatic heterocycles. The van der Waals surface area contributed by atoms with E-state index in [9.17, 15) is 4.79 Å². The van der Waals surface area contributed by atoms with E-state index < -0.39 is 0 Å². The summed E-state index contributed by atoms with van der Waals surface area (Å²) in [5.74, 6) is 0.867. The highest BCUT2D eigenvalue weighted by Crippen LogP contribution is 2.66. The summed E-state index contributed by atoms with van der Waals surface area (Å²) < 4.78 is 0. The molecule has 2 fully saturated rings. The Balaban J connectivity index is 1.63. The molecule has 2 saturated carbocycles. The number of benzene rings is 1. The molecule has 0 bridgehead atoms. The number of amides is 1. The van der Waals surface area contributed by atoms with Gasteiger partial charge in [-0.1, -0.05) is 49.6 Å². The third-order valence-corrected chi connectivity index (χ3v) is 5.42. The van der Waals surface area contributed by atoms with E-state index >= 15 is 0 Å². The first-order valence-corrected chi connectivity index (χ1v) is 7.93. The molecule has 3 rings (SSSR count). The van der Waals surface area contributed by atoms with Crippen LogP contribution < -0.4 is 5.43 Å². The molecule has 21 heavy (non-hydrogen) atoms. The van der Waals surface area contributed by atoms with Gasteiger partial charge in [-0.2, -0.15) is 5.10 Å². The van der Waals surface area contributed by atoms with Gasteiger partial charge in [-0.3, -0.25) is 4.79 Å². The Hall–Kier alpha value is -1.64. The minimum Gasteiger partial charge on any atom is -0.273 e. The van der Waals surface area contributed by atoms with E-state index in [0.717, 1.165) is 11.3 Å². The zero-order valence-corrected chi connectivity index (χ0v) is 13.1. The van der Waals surface area contributed by atoms with Crippen molar-refractivity contribution in [2.45, 2.75) is 46.5 Å². The van der Waals surface area contributed by atoms with Crippen LogP contribution in [0.2, 0.25) is 0 Å². The predicted molar refractivity (Wildman–Crippen MR) is 85.1 cm³/mol. The van der Waals surface area contributed by atoms with E-state index in [1.807, 2.05) is 19.1 Å². The van der Waals surface area contributed by atoms with Crippen LogP contribution in [0.25, 0.3) is 0 Å². The Labute approximate surface area is 126 Å². The van der Waals surface area contributed by atoms with E-state index in [2.05, 4.69) is 36.5 Å². The number of fused-ring (bicyclic) bond motifs is 1. The average molecular weight is 284 g/mol. The maximum absolute atomic E-state index is 12.3. The van der Waals surface area contributed by atoms with Gasteiger partial charge in [-0.25, -0.2) is 5.43 Å². The third-order valence-electron chi connectivity index (χ3n) is 5.42. The maximum atomic E-state index is 12.3. The molecule has 0 heterocycles. The van der Waals surface area contributed by atoms with E-state index in [0.29, 0.717) is 5.92 Å². The van der Waals surface area contributed by atoms with Crippen molar-refractivity contribution in [1.29, 1.82) is 0 Å². The number of hydrogen-bond acceptors (Lipinski definition) is 2. The van der Waals surface area contributed by atoms with Gasteiger partial charge < -0.3 is 0 Å². The Kier molecular flexibility index (Phi) is 3.60. The summed E-state index contributed by atoms with van der Waals surface area (Å²) in [7, 11) is 0. The van der Waals surface area contributed by atoms with E-state index in [4.69, 9.17) is 0 Å². The van der Waals surface area contributed by atoms with Crippen molar-refractivity contribution < 1.29 is 4.79 Å². The van der Waals surface area contributed by atoms with E-state index in [1.54, 1.807) is 0 Å². The van der Waals surface area contributed by atoms with Gasteiger partial charge in [0.2, 0.25) is 5.91 Å². The van der Waals surface area contributed by atoms with Crippen molar-refractivity contribution in [2.24, 2.45) is 22.4 Å². The lowest BCUT2D eigenvalue weighted by Gasteiger charge is -2.15. The standard InChI is InChI=1S/C18H24N2O/c1-12-7-9-14(10-8-12)13(2)19-20-17(21)16-15-6-4-5-11-18(15,16)3/h7-10,15-16H,4-6,11H2,1-3H3,(H,20,21)/b19-13-/t15-,16+,18+/m1/s1. The average Bonchev–Trinajstić information content (AvgIpc) is 3.11. The lowest BCUT2D eigenvalue weighted by molar-refractivity contribution is -0.123. The van der Waals surface area contributed by atoms with Gasteiger partial charge in [-0.15, -0.1) is 0 Å². The molecule has 0 unspecified atom stereocenters. The van der Waals surface area contributed by atoms with Crippen LogP contribution in [-0.2, 0) is 4.79 Å². The van der Waals surface area contributed by atoms with Crippen molar-refractivity contribution in [3.63, 3.8) is 0 Å². The fourth-order valence-corrected chi connectivity index (χ4v) is 3.92. The number of aryl methyl sites for hydroxylation is 1. The fourth-order valence-electron chi connectivity index (χ4n) is 3.92. The van der Waals surface area contributed by atoms with Crippen LogP contribution in [0.3, 0.4) is 0 Å². The van der Waals surface area contributed by atoms with Crippen LogP contribution >= 0.6 is 0 Å². The SMILES string of the molecule is C/C(=N/NC(=O)[C@@H]1[C@H]2CCCC[C@@]21C)c1ccc(C)cc1. The molecular formula is C18H24N2O. The van der Waals surface area contributed by atoms with Crippen LogP contribution in [0.4, 0.5) is 0 Å². The number of nitrogens with one attached hydrogen (secondary N) is 1. The molecule has 1 amide bonds. The van der Waals surface area contributed by atoms with Gasteiger partial charge in [0.1, 0.15) is 0 Å². The zero-order valence-electron chi connectivity index (χ0n) is 13.1. The highest BCUT2D eigenvalue weighted by molar-refractivity contribution is 5.99. The lowest BCUT2D eigenvalue weighted by atomic mass is 9.90. The van der Waals surface area contributed by atoms with Crippen LogP contribution in [-0.4, -0.2) is 11.6 Å². The normalized spacial score (nSPS) is 31.5. The van der Waals surface area contributed by atoms with Crippen molar-refractivity contribution >= 4 is 11.6 Å². The molecular weight excluding hydrogens is 260 g/mol. The molecule has 1 aromatic carbocycles. The first-order chi connectivity index (χ1) is 10.0. The van der Waals surface area contributed by atoms with Gasteiger partial charge in [-0.05, 0) is 43.6 Å². The maximum Gasteiger partial charge on any atom is 0.244 e. The van der Waals surface area contributed by atoms with Crippen LogP contribution in [0.1, 0.15) is 50.7 Å². The number of carbonyl (C=O) groups is 1. The molecule has 0 radical (unpaired) electrons. The highest BCUT2D eigenvalue weighted by atomic mass is 16.2. The molecule has 112 valence electrons. The molecule has 3 heteroatoms. The summed E-state index contributed by atoms with van der Waals surface area (Å²) in [6.45, 7) is 6.26. The largest absolute Gasteiger partial charge is 0.273 e. The first-order valence-electron chi connectivity index (χ1n) is 7.93. The minimum atomic E-state index is 0.107. The molecule has 1 aromatic rings. The molecule has 0 saturated heterocycles. The summed E-state index contributed by atoms with van der Waals surface area (Å²) >= 11 is 0. The molecule has 3 nitrogen and oxygen atoms in total. The zero-order chi connectivity index (χ0) is 15.0. The number of nitrogens with zero attached hydrogens (tertiary/aromatic N) is 1. The molecule has 0 spiro atoms. The summed E-state index contributed by atoms with van der Waals surface area (Å²) in [6, 6.07) is 8.20. The van der Waals surface area contributed by atoms with Crippen LogP contribution in [0.5, 0.6) is 0 Å². The number of carbonyl (C=O) groups excluding carboxylic acids is 1. The van der Waals surface area contributed by atoms with Crippen molar-refractivity contribution in [2.75, 3.05) is 0 Å². The van der Waals surface area contributed by atoms with E-state index in [1.165, 1.54) is 31.2 Å². The highest BCUT2D eigenvalue weighted by Gasteiger charge is 2.64. The minimum absolute atomic E-state index is 0.107. The molecule has 0 aliphatic heterocycles. The van der Waals surface area contributed by atoms with Crippen molar-refractivity contribution in [3.8, 4) is 0 Å². The molecule has 2 aliphatic rings. The Bertz CT molecular complexity index is 575. The monoisotopic (exact) mass is 284 g/mol. The Morgan fingerprint density at radius 3 is 2.62 bits per heavy atom. The predicted octanol–water partition coefficient (Wildman–Crippen LogP) is 3.66. The Morgan fingerprint density at radius 2 is 2.00 bits per heavy atom. The van der Waals surface area contributed by atoms with Crippen molar-refractivity contribution in [1.82, 2.24) is 5.43 Å². The quantitative estimate of drug-likeness (QED) is 0.668. The number of hydrazone groups is 1. The lowest BCUT2D eigenvalue weighted by Crippen LogP contribution is -2.23. The van der Waals surface area contributed by atoms with Gasteiger partial charge in [0.25, 0.3) is 0 Å². The topological polar surface area (TPSA) is 41.5 Å². The van der Waals surface area contributed by atoms with Crippen LogP contribution in [0, 0.1) is 24.2 Å². The third kappa shape index (κ3) is 2.61. The van der Waals surface area contributed by atoms with Gasteiger partial charge in [0, 0.05) is 5.92 Å². The summed E-state index contributed by atoms with van der Waals surface area (Å²) in [5, 5.41) is 4.29. The Morgan fingerprint density at radius 1 is 1.29 bits per heavy atom. The molecule has 3 atom stereocenters. The number of rotatable bonds is 3. The fraction of sp³-hybridized carbons (Fsp3) is 0.556. The summed E-state index contributed by atoms with van der Waals surface area (Å²) in [5.41, 5.74) is 6.18. The summed E-state index contributed by atoms with van der Waals surface area (Å²) in [4.78, 5) is 12.3. The van der Waals surface area contributed by atoms with Gasteiger partial charge >= 0.3 is 0 Å². The smallest absolute Gasteiger partial charge is 0.244 e. The van der Waals surface area contributed by atoms with E-state index in [-0.39, 0.29) is 17.2 Å². The first kappa shape index (κ1) is 14.3. The second kappa shape index (κ2) is 5.28. The van der Waals surface area contributed by atoms with Gasteiger partial charge in [0.15, 0.2) is 0 Å².